The van der Waals surface area contributed by atoms with E-state index in [9.17, 15) is 5.11 Å². The van der Waals surface area contributed by atoms with E-state index < -0.39 is 0 Å². The van der Waals surface area contributed by atoms with E-state index in [0.29, 0.717) is 11.9 Å². The van der Waals surface area contributed by atoms with Crippen LogP contribution in [0.5, 0.6) is 0 Å². The standard InChI is InChI=1S/C14H26N6O/c1-3-20(4-2)14-18-12(15)17-13(19-14)16-10-8-6-5-7-9-11(10)21/h10-11,21H,3-9H2,1-2H3,(H3,15,16,17,18,19). The Labute approximate surface area is 126 Å². The molecule has 0 bridgehead atoms. The van der Waals surface area contributed by atoms with Crippen LogP contribution in [0.4, 0.5) is 17.8 Å². The first kappa shape index (κ1) is 15.8. The minimum absolute atomic E-state index is 0.0150. The minimum atomic E-state index is -0.359. The number of nitrogens with zero attached hydrogens (tertiary/aromatic N) is 4. The fourth-order valence-electron chi connectivity index (χ4n) is 2.72. The Morgan fingerprint density at radius 3 is 2.57 bits per heavy atom. The lowest BCUT2D eigenvalue weighted by molar-refractivity contribution is 0.144. The topological polar surface area (TPSA) is 100 Å². The zero-order chi connectivity index (χ0) is 15.2. The second-order valence-corrected chi connectivity index (χ2v) is 5.45. The molecule has 21 heavy (non-hydrogen) atoms. The maximum Gasteiger partial charge on any atom is 0.231 e. The predicted octanol–water partition coefficient (Wildman–Crippen LogP) is 1.41. The molecule has 7 heteroatoms. The van der Waals surface area contributed by atoms with Crippen LogP contribution in [0.1, 0.15) is 46.0 Å². The summed E-state index contributed by atoms with van der Waals surface area (Å²) in [6.07, 6.45) is 4.73. The molecule has 7 nitrogen and oxygen atoms in total. The molecule has 1 aromatic rings. The number of nitrogen functional groups attached to an aromatic ring is 1. The van der Waals surface area contributed by atoms with E-state index in [1.165, 1.54) is 6.42 Å². The van der Waals surface area contributed by atoms with Gasteiger partial charge in [-0.1, -0.05) is 19.3 Å². The molecular formula is C14H26N6O. The van der Waals surface area contributed by atoms with Crippen molar-refractivity contribution in [2.45, 2.75) is 58.1 Å². The number of nitrogens with one attached hydrogen (secondary N) is 1. The van der Waals surface area contributed by atoms with Crippen LogP contribution in [0.3, 0.4) is 0 Å². The van der Waals surface area contributed by atoms with Crippen LogP contribution >= 0.6 is 0 Å². The molecule has 0 radical (unpaired) electrons. The normalized spacial score (nSPS) is 22.6. The van der Waals surface area contributed by atoms with Gasteiger partial charge in [0.1, 0.15) is 0 Å². The molecule has 1 aliphatic rings. The van der Waals surface area contributed by atoms with Gasteiger partial charge in [0.25, 0.3) is 0 Å². The minimum Gasteiger partial charge on any atom is -0.391 e. The van der Waals surface area contributed by atoms with E-state index in [0.717, 1.165) is 38.8 Å². The molecular weight excluding hydrogens is 268 g/mol. The lowest BCUT2D eigenvalue weighted by Crippen LogP contribution is -2.34. The summed E-state index contributed by atoms with van der Waals surface area (Å²) in [7, 11) is 0. The Hall–Kier alpha value is -1.63. The number of aromatic nitrogens is 3. The van der Waals surface area contributed by atoms with Gasteiger partial charge in [-0.25, -0.2) is 0 Å². The van der Waals surface area contributed by atoms with Crippen molar-refractivity contribution >= 4 is 17.8 Å². The summed E-state index contributed by atoms with van der Waals surface area (Å²) in [6, 6.07) is -0.0150. The zero-order valence-corrected chi connectivity index (χ0v) is 12.9. The van der Waals surface area contributed by atoms with Crippen molar-refractivity contribution < 1.29 is 5.11 Å². The van der Waals surface area contributed by atoms with Crippen molar-refractivity contribution in [2.24, 2.45) is 0 Å². The number of aliphatic hydroxyl groups is 1. The summed E-state index contributed by atoms with van der Waals surface area (Å²) in [6.45, 7) is 5.72. The molecule has 1 heterocycles. The largest absolute Gasteiger partial charge is 0.391 e. The van der Waals surface area contributed by atoms with E-state index in [4.69, 9.17) is 5.73 Å². The van der Waals surface area contributed by atoms with Gasteiger partial charge in [-0.3, -0.25) is 0 Å². The van der Waals surface area contributed by atoms with Gasteiger partial charge < -0.3 is 21.1 Å². The van der Waals surface area contributed by atoms with Crippen molar-refractivity contribution in [1.82, 2.24) is 15.0 Å². The third-order valence-electron chi connectivity index (χ3n) is 3.98. The number of nitrogens with two attached hydrogens (primary N) is 1. The second kappa shape index (κ2) is 7.40. The highest BCUT2D eigenvalue weighted by molar-refractivity contribution is 5.42. The summed E-state index contributed by atoms with van der Waals surface area (Å²) in [5.74, 6) is 1.24. The monoisotopic (exact) mass is 294 g/mol. The summed E-state index contributed by atoms with van der Waals surface area (Å²) in [5.41, 5.74) is 5.79. The first-order chi connectivity index (χ1) is 10.1. The number of anilines is 3. The van der Waals surface area contributed by atoms with Gasteiger partial charge >= 0.3 is 0 Å². The third kappa shape index (κ3) is 4.17. The van der Waals surface area contributed by atoms with Crippen LogP contribution in [-0.4, -0.2) is 45.3 Å². The molecule has 1 aromatic heterocycles. The van der Waals surface area contributed by atoms with Crippen molar-refractivity contribution in [1.29, 1.82) is 0 Å². The summed E-state index contributed by atoms with van der Waals surface area (Å²) >= 11 is 0. The number of rotatable bonds is 5. The van der Waals surface area contributed by atoms with Gasteiger partial charge in [0, 0.05) is 13.1 Å². The van der Waals surface area contributed by atoms with Gasteiger partial charge in [-0.2, -0.15) is 15.0 Å². The van der Waals surface area contributed by atoms with Gasteiger partial charge in [0.2, 0.25) is 17.8 Å². The van der Waals surface area contributed by atoms with E-state index in [-0.39, 0.29) is 18.1 Å². The number of hydrogen-bond donors (Lipinski definition) is 3. The fraction of sp³-hybridized carbons (Fsp3) is 0.786. The van der Waals surface area contributed by atoms with E-state index >= 15 is 0 Å². The summed E-state index contributed by atoms with van der Waals surface area (Å²) < 4.78 is 0. The molecule has 118 valence electrons. The van der Waals surface area contributed by atoms with Crippen LogP contribution < -0.4 is 16.0 Å². The highest BCUT2D eigenvalue weighted by atomic mass is 16.3. The van der Waals surface area contributed by atoms with Crippen LogP contribution in [0.25, 0.3) is 0 Å². The molecule has 0 spiro atoms. The molecule has 2 atom stereocenters. The lowest BCUT2D eigenvalue weighted by atomic mass is 10.1. The maximum atomic E-state index is 10.2. The van der Waals surface area contributed by atoms with E-state index in [1.807, 2.05) is 18.7 Å². The Morgan fingerprint density at radius 1 is 1.14 bits per heavy atom. The average molecular weight is 294 g/mol. The molecule has 1 aliphatic carbocycles. The van der Waals surface area contributed by atoms with Crippen molar-refractivity contribution in [3.63, 3.8) is 0 Å². The number of hydrogen-bond acceptors (Lipinski definition) is 7. The first-order valence-electron chi connectivity index (χ1n) is 7.85. The van der Waals surface area contributed by atoms with E-state index in [2.05, 4.69) is 20.3 Å². The van der Waals surface area contributed by atoms with Gasteiger partial charge in [-0.15, -0.1) is 0 Å². The molecule has 0 aromatic carbocycles. The molecule has 0 amide bonds. The van der Waals surface area contributed by atoms with Crippen molar-refractivity contribution in [2.75, 3.05) is 29.0 Å². The predicted molar refractivity (Wildman–Crippen MR) is 84.3 cm³/mol. The number of aliphatic hydroxyl groups excluding tert-OH is 1. The molecule has 2 unspecified atom stereocenters. The van der Waals surface area contributed by atoms with Crippen molar-refractivity contribution in [3.8, 4) is 0 Å². The zero-order valence-electron chi connectivity index (χ0n) is 12.9. The molecule has 0 aliphatic heterocycles. The molecule has 0 saturated heterocycles. The van der Waals surface area contributed by atoms with E-state index in [1.54, 1.807) is 0 Å². The Kier molecular flexibility index (Phi) is 5.55. The van der Waals surface area contributed by atoms with Crippen LogP contribution in [0.15, 0.2) is 0 Å². The van der Waals surface area contributed by atoms with Crippen LogP contribution in [0, 0.1) is 0 Å². The van der Waals surface area contributed by atoms with Crippen LogP contribution in [0.2, 0.25) is 0 Å². The van der Waals surface area contributed by atoms with Gasteiger partial charge in [0.15, 0.2) is 0 Å². The Balaban J connectivity index is 2.15. The SMILES string of the molecule is CCN(CC)c1nc(N)nc(NC2CCCCCC2O)n1. The molecule has 2 rings (SSSR count). The quantitative estimate of drug-likeness (QED) is 0.706. The second-order valence-electron chi connectivity index (χ2n) is 5.45. The first-order valence-corrected chi connectivity index (χ1v) is 7.85. The maximum absolute atomic E-state index is 10.2. The summed E-state index contributed by atoms with van der Waals surface area (Å²) in [5, 5.41) is 13.4. The van der Waals surface area contributed by atoms with Gasteiger partial charge in [0.05, 0.1) is 12.1 Å². The molecule has 4 N–H and O–H groups in total. The lowest BCUT2D eigenvalue weighted by Gasteiger charge is -2.23. The smallest absolute Gasteiger partial charge is 0.231 e. The Morgan fingerprint density at radius 2 is 1.86 bits per heavy atom. The van der Waals surface area contributed by atoms with Gasteiger partial charge in [-0.05, 0) is 26.7 Å². The van der Waals surface area contributed by atoms with Crippen molar-refractivity contribution in [3.05, 3.63) is 0 Å². The molecule has 1 fully saturated rings. The Bertz CT molecular complexity index is 451. The molecule has 1 saturated carbocycles. The highest BCUT2D eigenvalue weighted by Gasteiger charge is 2.22. The third-order valence-corrected chi connectivity index (χ3v) is 3.98. The summed E-state index contributed by atoms with van der Waals surface area (Å²) in [4.78, 5) is 14.8. The fourth-order valence-corrected chi connectivity index (χ4v) is 2.72. The average Bonchev–Trinajstić information content (AvgIpc) is 2.65. The van der Waals surface area contributed by atoms with Crippen LogP contribution in [-0.2, 0) is 0 Å². The highest BCUT2D eigenvalue weighted by Crippen LogP contribution is 2.21.